The number of hydrogen-bond acceptors (Lipinski definition) is 4. The minimum atomic E-state index is -0.312. The molecule has 1 aliphatic heterocycles. The quantitative estimate of drug-likeness (QED) is 0.234. The van der Waals surface area contributed by atoms with Gasteiger partial charge in [-0.25, -0.2) is 4.99 Å². The molecule has 8 aromatic rings. The van der Waals surface area contributed by atoms with Crippen LogP contribution in [0.2, 0.25) is 0 Å². The van der Waals surface area contributed by atoms with Crippen LogP contribution in [-0.2, 0) is 0 Å². The second-order valence-corrected chi connectivity index (χ2v) is 11.0. The molecule has 6 nitrogen and oxygen atoms in total. The molecule has 1 unspecified atom stereocenters. The molecule has 6 heteroatoms. The zero-order chi connectivity index (χ0) is 29.0. The number of benzene rings is 5. The number of aromatic nitrogens is 3. The number of fused-ring (bicyclic) bond motifs is 7. The molecule has 4 heterocycles. The molecule has 44 heavy (non-hydrogen) atoms. The van der Waals surface area contributed by atoms with Crippen LogP contribution in [0.15, 0.2) is 156 Å². The molecule has 0 saturated carbocycles. The first kappa shape index (κ1) is 24.6. The SMILES string of the molecule is c1ccc(C2=NC(n3c4cccnc4c4ccc5c(c6ccccc6n5-c5ccccc5)c43)=NC(c3ccccc3)N2)cc1. The Morgan fingerprint density at radius 1 is 0.568 bits per heavy atom. The number of para-hydroxylation sites is 2. The maximum Gasteiger partial charge on any atom is 0.234 e. The highest BCUT2D eigenvalue weighted by Crippen LogP contribution is 2.40. The van der Waals surface area contributed by atoms with Crippen LogP contribution in [0.5, 0.6) is 0 Å². The lowest BCUT2D eigenvalue weighted by molar-refractivity contribution is 0.668. The zero-order valence-corrected chi connectivity index (χ0v) is 23.7. The van der Waals surface area contributed by atoms with E-state index in [0.717, 1.165) is 61.0 Å². The zero-order valence-electron chi connectivity index (χ0n) is 23.7. The lowest BCUT2D eigenvalue weighted by Crippen LogP contribution is -2.35. The number of pyridine rings is 1. The fraction of sp³-hybridized carbons (Fsp3) is 0.0263. The van der Waals surface area contributed by atoms with Crippen LogP contribution in [0.1, 0.15) is 17.3 Å². The number of amidine groups is 1. The van der Waals surface area contributed by atoms with E-state index in [9.17, 15) is 0 Å². The monoisotopic (exact) mass is 566 g/mol. The molecule has 3 aromatic heterocycles. The molecule has 0 fully saturated rings. The Balaban J connectivity index is 1.42. The fourth-order valence-corrected chi connectivity index (χ4v) is 6.52. The number of hydrogen-bond donors (Lipinski definition) is 1. The third-order valence-corrected chi connectivity index (χ3v) is 8.42. The van der Waals surface area contributed by atoms with E-state index in [4.69, 9.17) is 15.0 Å². The van der Waals surface area contributed by atoms with Crippen molar-refractivity contribution in [2.45, 2.75) is 6.17 Å². The summed E-state index contributed by atoms with van der Waals surface area (Å²) in [5, 5.41) is 6.98. The maximum atomic E-state index is 5.27. The molecule has 5 aromatic carbocycles. The van der Waals surface area contributed by atoms with Crippen molar-refractivity contribution in [2.24, 2.45) is 9.98 Å². The highest BCUT2D eigenvalue weighted by molar-refractivity contribution is 6.28. The summed E-state index contributed by atoms with van der Waals surface area (Å²) in [6, 6.07) is 48.3. The van der Waals surface area contributed by atoms with Gasteiger partial charge in [0.15, 0.2) is 0 Å². The van der Waals surface area contributed by atoms with Gasteiger partial charge in [-0.3, -0.25) is 9.55 Å². The van der Waals surface area contributed by atoms with Crippen LogP contribution >= 0.6 is 0 Å². The van der Waals surface area contributed by atoms with Crippen molar-refractivity contribution in [2.75, 3.05) is 0 Å². The highest BCUT2D eigenvalue weighted by Gasteiger charge is 2.26. The van der Waals surface area contributed by atoms with E-state index in [1.165, 1.54) is 5.39 Å². The minimum absolute atomic E-state index is 0.312. The molecule has 0 radical (unpaired) electrons. The van der Waals surface area contributed by atoms with Crippen molar-refractivity contribution in [1.29, 1.82) is 0 Å². The second-order valence-electron chi connectivity index (χ2n) is 11.0. The van der Waals surface area contributed by atoms with Gasteiger partial charge in [0.1, 0.15) is 12.0 Å². The lowest BCUT2D eigenvalue weighted by atomic mass is 10.1. The second kappa shape index (κ2) is 9.78. The molecule has 1 atom stereocenters. The smallest absolute Gasteiger partial charge is 0.234 e. The van der Waals surface area contributed by atoms with Gasteiger partial charge in [-0.1, -0.05) is 97.1 Å². The summed E-state index contributed by atoms with van der Waals surface area (Å²) in [4.78, 5) is 15.4. The Bertz CT molecular complexity index is 2400. The summed E-state index contributed by atoms with van der Waals surface area (Å²) in [6.45, 7) is 0. The third kappa shape index (κ3) is 3.71. The summed E-state index contributed by atoms with van der Waals surface area (Å²) in [6.07, 6.45) is 1.55. The van der Waals surface area contributed by atoms with E-state index in [-0.39, 0.29) is 6.17 Å². The van der Waals surface area contributed by atoms with E-state index in [1.807, 2.05) is 48.7 Å². The first-order chi connectivity index (χ1) is 21.8. The van der Waals surface area contributed by atoms with Gasteiger partial charge in [0, 0.05) is 33.6 Å². The van der Waals surface area contributed by atoms with Crippen LogP contribution in [0, 0.1) is 0 Å². The predicted octanol–water partition coefficient (Wildman–Crippen LogP) is 8.24. The number of nitrogens with one attached hydrogen (secondary N) is 1. The lowest BCUT2D eigenvalue weighted by Gasteiger charge is -2.24. The molecule has 0 bridgehead atoms. The van der Waals surface area contributed by atoms with Gasteiger partial charge in [0.2, 0.25) is 5.96 Å². The van der Waals surface area contributed by atoms with Crippen LogP contribution in [0.25, 0.3) is 49.4 Å². The predicted molar refractivity (Wildman–Crippen MR) is 180 cm³/mol. The first-order valence-corrected chi connectivity index (χ1v) is 14.8. The molecule has 0 aliphatic carbocycles. The molecule has 9 rings (SSSR count). The van der Waals surface area contributed by atoms with Gasteiger partial charge in [0.05, 0.1) is 27.6 Å². The van der Waals surface area contributed by atoms with E-state index in [1.54, 1.807) is 0 Å². The molecular formula is C38H26N6. The summed E-state index contributed by atoms with van der Waals surface area (Å²) in [5.41, 5.74) is 8.40. The molecular weight excluding hydrogens is 540 g/mol. The topological polar surface area (TPSA) is 59.5 Å². The van der Waals surface area contributed by atoms with Gasteiger partial charge in [-0.05, 0) is 48.0 Å². The van der Waals surface area contributed by atoms with Gasteiger partial charge in [-0.15, -0.1) is 0 Å². The molecule has 0 saturated heterocycles. The van der Waals surface area contributed by atoms with Crippen LogP contribution < -0.4 is 5.32 Å². The van der Waals surface area contributed by atoms with Crippen LogP contribution in [0.4, 0.5) is 0 Å². The maximum absolute atomic E-state index is 5.27. The van der Waals surface area contributed by atoms with Gasteiger partial charge in [0.25, 0.3) is 0 Å². The summed E-state index contributed by atoms with van der Waals surface area (Å²) >= 11 is 0. The first-order valence-electron chi connectivity index (χ1n) is 14.8. The van der Waals surface area contributed by atoms with E-state index >= 15 is 0 Å². The normalized spacial score (nSPS) is 15.0. The molecule has 0 amide bonds. The molecule has 0 spiro atoms. The van der Waals surface area contributed by atoms with E-state index in [2.05, 4.69) is 112 Å². The Labute approximate surface area is 253 Å². The fourth-order valence-electron chi connectivity index (χ4n) is 6.52. The average Bonchev–Trinajstić information content (AvgIpc) is 3.62. The number of aliphatic imine (C=N–C) groups is 2. The summed E-state index contributed by atoms with van der Waals surface area (Å²) < 4.78 is 4.55. The van der Waals surface area contributed by atoms with E-state index < -0.39 is 0 Å². The van der Waals surface area contributed by atoms with Crippen molar-refractivity contribution in [3.05, 3.63) is 157 Å². The number of nitrogens with zero attached hydrogens (tertiary/aromatic N) is 5. The van der Waals surface area contributed by atoms with Gasteiger partial charge < -0.3 is 9.88 Å². The van der Waals surface area contributed by atoms with Crippen LogP contribution in [0.3, 0.4) is 0 Å². The largest absolute Gasteiger partial charge is 0.344 e. The molecule has 1 aliphatic rings. The van der Waals surface area contributed by atoms with Crippen molar-refractivity contribution in [3.8, 4) is 5.69 Å². The average molecular weight is 567 g/mol. The standard InChI is InChI=1S/C38H26N6/c1-4-13-25(14-5-1)36-40-37(26-15-6-2-7-16-26)42-38(41-36)44-32-21-12-24-39-34(32)29-22-23-31-33(35(29)44)28-19-10-11-20-30(28)43(31)27-17-8-3-9-18-27/h1-24,36H,(H,40,41,42). The van der Waals surface area contributed by atoms with Gasteiger partial charge in [-0.2, -0.15) is 4.99 Å². The molecule has 1 N–H and O–H groups in total. The van der Waals surface area contributed by atoms with Crippen LogP contribution in [-0.4, -0.2) is 25.9 Å². The van der Waals surface area contributed by atoms with E-state index in [0.29, 0.717) is 5.96 Å². The molecule has 208 valence electrons. The third-order valence-electron chi connectivity index (χ3n) is 8.42. The Hall–Kier alpha value is -6.01. The van der Waals surface area contributed by atoms with Crippen molar-refractivity contribution in [3.63, 3.8) is 0 Å². The van der Waals surface area contributed by atoms with Gasteiger partial charge >= 0.3 is 0 Å². The Morgan fingerprint density at radius 2 is 1.27 bits per heavy atom. The minimum Gasteiger partial charge on any atom is -0.344 e. The van der Waals surface area contributed by atoms with Crippen molar-refractivity contribution in [1.82, 2.24) is 19.4 Å². The van der Waals surface area contributed by atoms with Crippen molar-refractivity contribution < 1.29 is 0 Å². The Morgan fingerprint density at radius 3 is 2.09 bits per heavy atom. The van der Waals surface area contributed by atoms with Crippen molar-refractivity contribution >= 4 is 55.5 Å². The summed E-state index contributed by atoms with van der Waals surface area (Å²) in [5.74, 6) is 1.40. The Kier molecular flexibility index (Phi) is 5.46. The summed E-state index contributed by atoms with van der Waals surface area (Å²) in [7, 11) is 0. The number of rotatable bonds is 3. The highest BCUT2D eigenvalue weighted by atomic mass is 15.3.